The van der Waals surface area contributed by atoms with Gasteiger partial charge >= 0.3 is 0 Å². The van der Waals surface area contributed by atoms with E-state index in [1.165, 1.54) is 42.5 Å². The molecule has 3 fully saturated rings. The molecule has 1 N–H and O–H groups in total. The number of nitrogens with one attached hydrogen (secondary N) is 1. The van der Waals surface area contributed by atoms with E-state index in [1.807, 2.05) is 0 Å². The van der Waals surface area contributed by atoms with Crippen LogP contribution in [0.3, 0.4) is 0 Å². The largest absolute Gasteiger partial charge is 0.308 e. The maximum atomic E-state index is 3.74. The van der Waals surface area contributed by atoms with Crippen LogP contribution >= 0.6 is 15.9 Å². The standard InChI is InChI=1S/C14H19BrN2/c15-13-4-2-1-3-12(13)9-16-14-10-17-7-5-11(14)6-8-17/h1-4,11,14,16H,5-10H2. The molecule has 2 bridgehead atoms. The van der Waals surface area contributed by atoms with E-state index in [1.54, 1.807) is 0 Å². The van der Waals surface area contributed by atoms with Gasteiger partial charge in [0.2, 0.25) is 0 Å². The molecule has 92 valence electrons. The van der Waals surface area contributed by atoms with Gasteiger partial charge in [0.25, 0.3) is 0 Å². The Balaban J connectivity index is 1.60. The lowest BCUT2D eigenvalue weighted by Crippen LogP contribution is -2.55. The van der Waals surface area contributed by atoms with Gasteiger partial charge in [-0.2, -0.15) is 0 Å². The molecule has 1 aromatic carbocycles. The van der Waals surface area contributed by atoms with Crippen molar-refractivity contribution >= 4 is 15.9 Å². The Morgan fingerprint density at radius 1 is 1.24 bits per heavy atom. The van der Waals surface area contributed by atoms with Crippen molar-refractivity contribution in [1.29, 1.82) is 0 Å². The Bertz CT molecular complexity index is 386. The molecule has 3 heterocycles. The van der Waals surface area contributed by atoms with Gasteiger partial charge in [-0.25, -0.2) is 0 Å². The first-order valence-electron chi connectivity index (χ1n) is 6.52. The van der Waals surface area contributed by atoms with Crippen molar-refractivity contribution < 1.29 is 0 Å². The van der Waals surface area contributed by atoms with Crippen LogP contribution in [0.5, 0.6) is 0 Å². The van der Waals surface area contributed by atoms with Crippen LogP contribution in [-0.4, -0.2) is 30.6 Å². The molecule has 17 heavy (non-hydrogen) atoms. The van der Waals surface area contributed by atoms with E-state index < -0.39 is 0 Å². The summed E-state index contributed by atoms with van der Waals surface area (Å²) in [5.74, 6) is 0.905. The minimum Gasteiger partial charge on any atom is -0.308 e. The summed E-state index contributed by atoms with van der Waals surface area (Å²) in [6, 6.07) is 9.19. The Hall–Kier alpha value is -0.380. The van der Waals surface area contributed by atoms with Crippen LogP contribution in [0.4, 0.5) is 0 Å². The van der Waals surface area contributed by atoms with Gasteiger partial charge in [0, 0.05) is 23.6 Å². The summed E-state index contributed by atoms with van der Waals surface area (Å²) in [7, 11) is 0. The predicted octanol–water partition coefficient (Wildman–Crippen LogP) is 2.63. The topological polar surface area (TPSA) is 15.3 Å². The minimum absolute atomic E-state index is 0.699. The first kappa shape index (κ1) is 11.7. The third-order valence-corrected chi connectivity index (χ3v) is 4.94. The number of rotatable bonds is 3. The second kappa shape index (κ2) is 5.09. The maximum absolute atomic E-state index is 3.74. The molecule has 0 radical (unpaired) electrons. The molecule has 0 saturated carbocycles. The molecule has 2 nitrogen and oxygen atoms in total. The van der Waals surface area contributed by atoms with Gasteiger partial charge in [0.15, 0.2) is 0 Å². The van der Waals surface area contributed by atoms with Gasteiger partial charge in [-0.15, -0.1) is 0 Å². The fraction of sp³-hybridized carbons (Fsp3) is 0.571. The van der Waals surface area contributed by atoms with Crippen LogP contribution in [0.2, 0.25) is 0 Å². The molecule has 3 saturated heterocycles. The summed E-state index contributed by atoms with van der Waals surface area (Å²) in [5, 5.41) is 3.74. The zero-order chi connectivity index (χ0) is 11.7. The van der Waals surface area contributed by atoms with Gasteiger partial charge < -0.3 is 10.2 Å². The molecule has 3 aliphatic heterocycles. The second-order valence-corrected chi connectivity index (χ2v) is 6.07. The van der Waals surface area contributed by atoms with E-state index in [9.17, 15) is 0 Å². The SMILES string of the molecule is Brc1ccccc1CNC1CN2CCC1CC2. The quantitative estimate of drug-likeness (QED) is 0.922. The Labute approximate surface area is 112 Å². The van der Waals surface area contributed by atoms with Crippen molar-refractivity contribution in [3.63, 3.8) is 0 Å². The third kappa shape index (κ3) is 2.56. The van der Waals surface area contributed by atoms with Gasteiger partial charge in [0.05, 0.1) is 0 Å². The normalized spacial score (nSPS) is 31.7. The Kier molecular flexibility index (Phi) is 3.50. The molecule has 0 amide bonds. The number of halogens is 1. The fourth-order valence-corrected chi connectivity index (χ4v) is 3.50. The monoisotopic (exact) mass is 294 g/mol. The van der Waals surface area contributed by atoms with Gasteiger partial charge in [-0.1, -0.05) is 34.1 Å². The van der Waals surface area contributed by atoms with E-state index in [-0.39, 0.29) is 0 Å². The number of hydrogen-bond acceptors (Lipinski definition) is 2. The number of benzene rings is 1. The van der Waals surface area contributed by atoms with E-state index in [4.69, 9.17) is 0 Å². The molecule has 3 heteroatoms. The molecular weight excluding hydrogens is 276 g/mol. The summed E-state index contributed by atoms with van der Waals surface area (Å²) in [6.07, 6.45) is 2.77. The zero-order valence-corrected chi connectivity index (χ0v) is 11.6. The van der Waals surface area contributed by atoms with E-state index in [2.05, 4.69) is 50.4 Å². The minimum atomic E-state index is 0.699. The molecule has 0 aromatic heterocycles. The van der Waals surface area contributed by atoms with Crippen molar-refractivity contribution in [2.45, 2.75) is 25.4 Å². The summed E-state index contributed by atoms with van der Waals surface area (Å²) >= 11 is 3.61. The predicted molar refractivity (Wildman–Crippen MR) is 73.9 cm³/mol. The number of hydrogen-bond donors (Lipinski definition) is 1. The van der Waals surface area contributed by atoms with Gasteiger partial charge in [0.1, 0.15) is 0 Å². The average Bonchev–Trinajstić information content (AvgIpc) is 2.39. The Morgan fingerprint density at radius 3 is 2.65 bits per heavy atom. The van der Waals surface area contributed by atoms with Crippen LogP contribution in [0.15, 0.2) is 28.7 Å². The average molecular weight is 295 g/mol. The van der Waals surface area contributed by atoms with Crippen molar-refractivity contribution in [2.24, 2.45) is 5.92 Å². The first-order valence-corrected chi connectivity index (χ1v) is 7.31. The highest BCUT2D eigenvalue weighted by molar-refractivity contribution is 9.10. The van der Waals surface area contributed by atoms with Crippen molar-refractivity contribution in [3.05, 3.63) is 34.3 Å². The molecular formula is C14H19BrN2. The van der Waals surface area contributed by atoms with Gasteiger partial charge in [-0.3, -0.25) is 0 Å². The van der Waals surface area contributed by atoms with Crippen molar-refractivity contribution in [3.8, 4) is 0 Å². The second-order valence-electron chi connectivity index (χ2n) is 5.22. The fourth-order valence-electron chi connectivity index (χ4n) is 3.08. The summed E-state index contributed by atoms with van der Waals surface area (Å²) in [6.45, 7) is 4.86. The zero-order valence-electron chi connectivity index (χ0n) is 10.0. The van der Waals surface area contributed by atoms with E-state index in [0.717, 1.165) is 12.5 Å². The highest BCUT2D eigenvalue weighted by atomic mass is 79.9. The smallest absolute Gasteiger partial charge is 0.0227 e. The van der Waals surface area contributed by atoms with Gasteiger partial charge in [-0.05, 0) is 43.5 Å². The molecule has 3 aliphatic rings. The molecule has 1 unspecified atom stereocenters. The third-order valence-electron chi connectivity index (χ3n) is 4.17. The molecule has 0 spiro atoms. The molecule has 1 aromatic rings. The molecule has 1 atom stereocenters. The highest BCUT2D eigenvalue weighted by Gasteiger charge is 2.33. The van der Waals surface area contributed by atoms with Crippen LogP contribution in [-0.2, 0) is 6.54 Å². The van der Waals surface area contributed by atoms with Crippen LogP contribution in [0, 0.1) is 5.92 Å². The summed E-state index contributed by atoms with van der Waals surface area (Å²) in [5.41, 5.74) is 1.36. The number of piperidine rings is 3. The number of nitrogens with zero attached hydrogens (tertiary/aromatic N) is 1. The highest BCUT2D eigenvalue weighted by Crippen LogP contribution is 2.28. The van der Waals surface area contributed by atoms with Crippen LogP contribution < -0.4 is 5.32 Å². The molecule has 0 aliphatic carbocycles. The first-order chi connectivity index (χ1) is 8.33. The summed E-state index contributed by atoms with van der Waals surface area (Å²) in [4.78, 5) is 2.59. The lowest BCUT2D eigenvalue weighted by atomic mass is 9.84. The van der Waals surface area contributed by atoms with E-state index >= 15 is 0 Å². The van der Waals surface area contributed by atoms with Crippen molar-refractivity contribution in [1.82, 2.24) is 10.2 Å². The maximum Gasteiger partial charge on any atom is 0.0227 e. The van der Waals surface area contributed by atoms with E-state index in [0.29, 0.717) is 6.04 Å². The van der Waals surface area contributed by atoms with Crippen molar-refractivity contribution in [2.75, 3.05) is 19.6 Å². The Morgan fingerprint density at radius 2 is 2.00 bits per heavy atom. The number of fused-ring (bicyclic) bond motifs is 3. The summed E-state index contributed by atoms with van der Waals surface area (Å²) < 4.78 is 1.22. The molecule has 4 rings (SSSR count). The van der Waals surface area contributed by atoms with Crippen LogP contribution in [0.25, 0.3) is 0 Å². The lowest BCUT2D eigenvalue weighted by molar-refractivity contribution is 0.0720. The van der Waals surface area contributed by atoms with Crippen LogP contribution in [0.1, 0.15) is 18.4 Å². The lowest BCUT2D eigenvalue weighted by Gasteiger charge is -2.45.